The van der Waals surface area contributed by atoms with Crippen LogP contribution in [0.2, 0.25) is 0 Å². The summed E-state index contributed by atoms with van der Waals surface area (Å²) in [6.07, 6.45) is 11.3. The van der Waals surface area contributed by atoms with Crippen molar-refractivity contribution in [1.29, 1.82) is 0 Å². The highest BCUT2D eigenvalue weighted by Gasteiger charge is 2.49. The molecule has 2 saturated carbocycles. The van der Waals surface area contributed by atoms with Crippen LogP contribution in [0.5, 0.6) is 0 Å². The SMILES string of the molecule is CCC1CCCCC1C(O)C1(N2CCOCC2)CCCC1. The van der Waals surface area contributed by atoms with E-state index in [9.17, 15) is 5.11 Å². The van der Waals surface area contributed by atoms with Gasteiger partial charge in [0.1, 0.15) is 0 Å². The first kappa shape index (κ1) is 15.8. The molecule has 0 aromatic carbocycles. The summed E-state index contributed by atoms with van der Waals surface area (Å²) in [5.74, 6) is 1.27. The Morgan fingerprint density at radius 3 is 2.43 bits per heavy atom. The maximum absolute atomic E-state index is 11.4. The molecule has 0 amide bonds. The largest absolute Gasteiger partial charge is 0.391 e. The van der Waals surface area contributed by atoms with E-state index in [2.05, 4.69) is 11.8 Å². The fraction of sp³-hybridized carbons (Fsp3) is 1.00. The van der Waals surface area contributed by atoms with Crippen LogP contribution in [0.1, 0.15) is 64.7 Å². The Kier molecular flexibility index (Phi) is 5.23. The van der Waals surface area contributed by atoms with E-state index < -0.39 is 0 Å². The molecule has 1 heterocycles. The molecule has 0 aromatic rings. The normalized spacial score (nSPS) is 35.7. The van der Waals surface area contributed by atoms with Gasteiger partial charge in [-0.3, -0.25) is 4.90 Å². The van der Waals surface area contributed by atoms with Gasteiger partial charge < -0.3 is 9.84 Å². The minimum Gasteiger partial charge on any atom is -0.391 e. The molecule has 3 atom stereocenters. The molecule has 0 aromatic heterocycles. The van der Waals surface area contributed by atoms with E-state index in [-0.39, 0.29) is 11.6 Å². The molecule has 0 radical (unpaired) electrons. The minimum atomic E-state index is -0.122. The first-order valence-electron chi connectivity index (χ1n) is 9.29. The van der Waals surface area contributed by atoms with Gasteiger partial charge in [0.15, 0.2) is 0 Å². The Bertz CT molecular complexity index is 321. The topological polar surface area (TPSA) is 32.7 Å². The number of aliphatic hydroxyl groups excluding tert-OH is 1. The molecule has 3 heteroatoms. The summed E-state index contributed by atoms with van der Waals surface area (Å²) < 4.78 is 5.55. The zero-order chi connectivity index (χ0) is 14.7. The van der Waals surface area contributed by atoms with Crippen LogP contribution in [0.4, 0.5) is 0 Å². The fourth-order valence-corrected chi connectivity index (χ4v) is 5.35. The monoisotopic (exact) mass is 295 g/mol. The van der Waals surface area contributed by atoms with Crippen molar-refractivity contribution in [3.63, 3.8) is 0 Å². The third-order valence-electron chi connectivity index (χ3n) is 6.56. The van der Waals surface area contributed by atoms with Gasteiger partial charge in [0.05, 0.1) is 19.3 Å². The third-order valence-corrected chi connectivity index (χ3v) is 6.56. The van der Waals surface area contributed by atoms with Crippen molar-refractivity contribution in [2.45, 2.75) is 76.4 Å². The Labute approximate surface area is 130 Å². The van der Waals surface area contributed by atoms with E-state index in [1.807, 2.05) is 0 Å². The van der Waals surface area contributed by atoms with Crippen molar-refractivity contribution >= 4 is 0 Å². The van der Waals surface area contributed by atoms with Crippen LogP contribution in [-0.4, -0.2) is 48.0 Å². The Balaban J connectivity index is 1.78. The number of nitrogens with zero attached hydrogens (tertiary/aromatic N) is 1. The Morgan fingerprint density at radius 1 is 1.10 bits per heavy atom. The van der Waals surface area contributed by atoms with E-state index >= 15 is 0 Å². The fourth-order valence-electron chi connectivity index (χ4n) is 5.35. The number of morpholine rings is 1. The molecule has 1 N–H and O–H groups in total. The Morgan fingerprint density at radius 2 is 1.76 bits per heavy atom. The van der Waals surface area contributed by atoms with Crippen molar-refractivity contribution in [3.8, 4) is 0 Å². The van der Waals surface area contributed by atoms with Crippen LogP contribution in [0.3, 0.4) is 0 Å². The average Bonchev–Trinajstić information content (AvgIpc) is 3.06. The summed E-state index contributed by atoms with van der Waals surface area (Å²) in [6.45, 7) is 6.03. The highest BCUT2D eigenvalue weighted by atomic mass is 16.5. The molecular weight excluding hydrogens is 262 g/mol. The molecule has 2 aliphatic carbocycles. The van der Waals surface area contributed by atoms with Crippen molar-refractivity contribution < 1.29 is 9.84 Å². The predicted molar refractivity (Wildman–Crippen MR) is 85.3 cm³/mol. The Hall–Kier alpha value is -0.120. The first-order chi connectivity index (χ1) is 10.3. The second kappa shape index (κ2) is 6.97. The van der Waals surface area contributed by atoms with Gasteiger partial charge in [0, 0.05) is 18.6 Å². The molecule has 1 aliphatic heterocycles. The smallest absolute Gasteiger partial charge is 0.0754 e. The number of hydrogen-bond acceptors (Lipinski definition) is 3. The zero-order valence-corrected chi connectivity index (χ0v) is 13.7. The molecule has 21 heavy (non-hydrogen) atoms. The molecule has 3 fully saturated rings. The highest BCUT2D eigenvalue weighted by Crippen LogP contribution is 2.46. The van der Waals surface area contributed by atoms with Crippen molar-refractivity contribution in [2.24, 2.45) is 11.8 Å². The van der Waals surface area contributed by atoms with E-state index in [0.717, 1.165) is 32.2 Å². The van der Waals surface area contributed by atoms with Crippen LogP contribution in [0, 0.1) is 11.8 Å². The molecular formula is C18H33NO2. The molecule has 3 nitrogen and oxygen atoms in total. The lowest BCUT2D eigenvalue weighted by Crippen LogP contribution is -2.61. The lowest BCUT2D eigenvalue weighted by atomic mass is 9.69. The van der Waals surface area contributed by atoms with Gasteiger partial charge in [-0.25, -0.2) is 0 Å². The van der Waals surface area contributed by atoms with E-state index in [1.54, 1.807) is 0 Å². The number of aliphatic hydroxyl groups is 1. The predicted octanol–water partition coefficient (Wildman–Crippen LogP) is 3.21. The first-order valence-corrected chi connectivity index (χ1v) is 9.29. The summed E-state index contributed by atoms with van der Waals surface area (Å²) in [6, 6.07) is 0. The summed E-state index contributed by atoms with van der Waals surface area (Å²) in [5, 5.41) is 11.4. The van der Waals surface area contributed by atoms with Gasteiger partial charge >= 0.3 is 0 Å². The summed E-state index contributed by atoms with van der Waals surface area (Å²) in [4.78, 5) is 2.59. The van der Waals surface area contributed by atoms with Gasteiger partial charge in [-0.1, -0.05) is 45.4 Å². The van der Waals surface area contributed by atoms with Crippen LogP contribution >= 0.6 is 0 Å². The van der Waals surface area contributed by atoms with Gasteiger partial charge in [0.2, 0.25) is 0 Å². The van der Waals surface area contributed by atoms with Crippen LogP contribution in [-0.2, 0) is 4.74 Å². The van der Waals surface area contributed by atoms with Gasteiger partial charge in [-0.05, 0) is 31.1 Å². The number of hydrogen-bond donors (Lipinski definition) is 1. The molecule has 0 bridgehead atoms. The lowest BCUT2D eigenvalue weighted by Gasteiger charge is -2.50. The third kappa shape index (κ3) is 3.02. The molecule has 122 valence electrons. The second-order valence-electron chi connectivity index (χ2n) is 7.47. The molecule has 3 unspecified atom stereocenters. The standard InChI is InChI=1S/C18H33NO2/c1-2-15-7-3-4-8-16(15)17(20)18(9-5-6-10-18)19-11-13-21-14-12-19/h15-17,20H,2-14H2,1H3. The summed E-state index contributed by atoms with van der Waals surface area (Å²) in [7, 11) is 0. The molecule has 0 spiro atoms. The number of rotatable bonds is 4. The van der Waals surface area contributed by atoms with E-state index in [1.165, 1.54) is 57.8 Å². The zero-order valence-electron chi connectivity index (χ0n) is 13.7. The van der Waals surface area contributed by atoms with Gasteiger partial charge in [-0.15, -0.1) is 0 Å². The summed E-state index contributed by atoms with van der Waals surface area (Å²) in [5.41, 5.74) is 0.0687. The van der Waals surface area contributed by atoms with Crippen LogP contribution in [0.25, 0.3) is 0 Å². The van der Waals surface area contributed by atoms with Crippen LogP contribution in [0.15, 0.2) is 0 Å². The van der Waals surface area contributed by atoms with Gasteiger partial charge in [-0.2, -0.15) is 0 Å². The van der Waals surface area contributed by atoms with E-state index in [0.29, 0.717) is 5.92 Å². The maximum atomic E-state index is 11.4. The molecule has 1 saturated heterocycles. The number of ether oxygens (including phenoxy) is 1. The lowest BCUT2D eigenvalue weighted by molar-refractivity contribution is -0.108. The van der Waals surface area contributed by atoms with Gasteiger partial charge in [0.25, 0.3) is 0 Å². The second-order valence-corrected chi connectivity index (χ2v) is 7.47. The van der Waals surface area contributed by atoms with Crippen molar-refractivity contribution in [1.82, 2.24) is 4.90 Å². The average molecular weight is 295 g/mol. The quantitative estimate of drug-likeness (QED) is 0.864. The van der Waals surface area contributed by atoms with Crippen LogP contribution < -0.4 is 0 Å². The van der Waals surface area contributed by atoms with Crippen molar-refractivity contribution in [2.75, 3.05) is 26.3 Å². The minimum absolute atomic E-state index is 0.0687. The molecule has 3 aliphatic rings. The molecule has 3 rings (SSSR count). The van der Waals surface area contributed by atoms with E-state index in [4.69, 9.17) is 4.74 Å². The maximum Gasteiger partial charge on any atom is 0.0754 e. The highest BCUT2D eigenvalue weighted by molar-refractivity contribution is 5.04. The van der Waals surface area contributed by atoms with Crippen molar-refractivity contribution in [3.05, 3.63) is 0 Å². The summed E-state index contributed by atoms with van der Waals surface area (Å²) >= 11 is 0.